The third-order valence-corrected chi connectivity index (χ3v) is 4.88. The van der Waals surface area contributed by atoms with Gasteiger partial charge in [-0.1, -0.05) is 45.9 Å². The minimum Gasteiger partial charge on any atom is -0.380 e. The van der Waals surface area contributed by atoms with Crippen LogP contribution in [-0.2, 0) is 13.6 Å². The van der Waals surface area contributed by atoms with Crippen LogP contribution in [0.1, 0.15) is 44.9 Å². The molecule has 7 heteroatoms. The fraction of sp³-hybridized carbons (Fsp3) is 0.545. The highest BCUT2D eigenvalue weighted by Crippen LogP contribution is 2.18. The Morgan fingerprint density at radius 2 is 1.83 bits per heavy atom. The zero-order valence-electron chi connectivity index (χ0n) is 18.8. The summed E-state index contributed by atoms with van der Waals surface area (Å²) in [6, 6.07) is 10.7. The molecule has 1 atom stereocenters. The molecule has 0 amide bonds. The molecule has 2 aromatic rings. The van der Waals surface area contributed by atoms with Crippen LogP contribution in [0.5, 0.6) is 0 Å². The van der Waals surface area contributed by atoms with Gasteiger partial charge in [0.25, 0.3) is 0 Å². The number of para-hydroxylation sites is 1. The van der Waals surface area contributed by atoms with Gasteiger partial charge in [0.2, 0.25) is 0 Å². The highest BCUT2D eigenvalue weighted by molar-refractivity contribution is 14.0. The molecular formula is C22H37IN6. The number of rotatable bonds is 8. The molecule has 0 aliphatic carbocycles. The summed E-state index contributed by atoms with van der Waals surface area (Å²) in [6.45, 7) is 10.4. The lowest BCUT2D eigenvalue weighted by Gasteiger charge is -2.28. The second kappa shape index (κ2) is 12.0. The number of aryl methyl sites for hydroxylation is 1. The van der Waals surface area contributed by atoms with Crippen molar-refractivity contribution in [3.05, 3.63) is 47.8 Å². The Bertz CT molecular complexity index is 754. The van der Waals surface area contributed by atoms with Crippen molar-refractivity contribution in [1.82, 2.24) is 20.0 Å². The van der Waals surface area contributed by atoms with Gasteiger partial charge in [0.1, 0.15) is 0 Å². The molecule has 0 bridgehead atoms. The Morgan fingerprint density at radius 1 is 1.17 bits per heavy atom. The first-order valence-electron chi connectivity index (χ1n) is 10.1. The number of aromatic nitrogens is 2. The van der Waals surface area contributed by atoms with E-state index in [2.05, 4.69) is 90.8 Å². The lowest BCUT2D eigenvalue weighted by Crippen LogP contribution is -2.45. The summed E-state index contributed by atoms with van der Waals surface area (Å²) in [4.78, 5) is 6.64. The predicted octanol–water partition coefficient (Wildman–Crippen LogP) is 4.31. The van der Waals surface area contributed by atoms with Crippen LogP contribution >= 0.6 is 24.0 Å². The van der Waals surface area contributed by atoms with Crippen LogP contribution in [0.25, 0.3) is 0 Å². The van der Waals surface area contributed by atoms with E-state index < -0.39 is 0 Å². The number of anilines is 1. The van der Waals surface area contributed by atoms with Crippen LogP contribution in [0.2, 0.25) is 0 Å². The average molecular weight is 512 g/mol. The molecule has 1 unspecified atom stereocenters. The van der Waals surface area contributed by atoms with Crippen LogP contribution in [-0.4, -0.2) is 47.3 Å². The van der Waals surface area contributed by atoms with Gasteiger partial charge in [-0.3, -0.25) is 9.67 Å². The Labute approximate surface area is 193 Å². The summed E-state index contributed by atoms with van der Waals surface area (Å²) in [6.07, 6.45) is 2.10. The molecule has 6 nitrogen and oxygen atoms in total. The summed E-state index contributed by atoms with van der Waals surface area (Å²) < 4.78 is 1.90. The maximum atomic E-state index is 4.61. The summed E-state index contributed by atoms with van der Waals surface area (Å²) in [5.74, 6) is 1.78. The van der Waals surface area contributed by atoms with Gasteiger partial charge in [-0.15, -0.1) is 24.0 Å². The first-order valence-corrected chi connectivity index (χ1v) is 10.1. The normalized spacial score (nSPS) is 12.7. The minimum atomic E-state index is 0. The molecule has 0 spiro atoms. The molecular weight excluding hydrogens is 475 g/mol. The van der Waals surface area contributed by atoms with Crippen LogP contribution in [0.3, 0.4) is 0 Å². The Balaban J connectivity index is 0.00000420. The molecule has 2 rings (SSSR count). The van der Waals surface area contributed by atoms with Crippen LogP contribution in [0, 0.1) is 5.92 Å². The fourth-order valence-electron chi connectivity index (χ4n) is 3.28. The summed E-state index contributed by atoms with van der Waals surface area (Å²) in [5.41, 5.74) is 3.53. The molecule has 1 aromatic heterocycles. The lowest BCUT2D eigenvalue weighted by molar-refractivity contribution is 0.455. The third-order valence-electron chi connectivity index (χ3n) is 4.88. The zero-order chi connectivity index (χ0) is 20.7. The van der Waals surface area contributed by atoms with E-state index in [9.17, 15) is 0 Å². The number of nitrogens with one attached hydrogen (secondary N) is 2. The quantitative estimate of drug-likeness (QED) is 0.315. The van der Waals surface area contributed by atoms with Crippen molar-refractivity contribution in [2.45, 2.75) is 46.2 Å². The van der Waals surface area contributed by atoms with E-state index in [-0.39, 0.29) is 24.0 Å². The van der Waals surface area contributed by atoms with Crippen molar-refractivity contribution < 1.29 is 0 Å². The second-order valence-electron chi connectivity index (χ2n) is 8.01. The molecule has 0 saturated carbocycles. The number of benzene rings is 1. The highest BCUT2D eigenvalue weighted by Gasteiger charge is 2.17. The van der Waals surface area contributed by atoms with E-state index in [0.29, 0.717) is 17.9 Å². The largest absolute Gasteiger partial charge is 0.380 e. The Kier molecular flexibility index (Phi) is 10.5. The van der Waals surface area contributed by atoms with Gasteiger partial charge >= 0.3 is 0 Å². The van der Waals surface area contributed by atoms with Crippen LogP contribution in [0.15, 0.2) is 41.5 Å². The number of hydrogen-bond donors (Lipinski definition) is 2. The van der Waals surface area contributed by atoms with Crippen molar-refractivity contribution in [2.24, 2.45) is 18.0 Å². The van der Waals surface area contributed by atoms with Gasteiger partial charge in [-0.25, -0.2) is 0 Å². The van der Waals surface area contributed by atoms with Crippen molar-refractivity contribution in [3.8, 4) is 0 Å². The predicted molar refractivity (Wildman–Crippen MR) is 134 cm³/mol. The van der Waals surface area contributed by atoms with Gasteiger partial charge in [0.15, 0.2) is 5.96 Å². The van der Waals surface area contributed by atoms with Gasteiger partial charge in [-0.2, -0.15) is 5.10 Å². The molecule has 2 N–H and O–H groups in total. The monoisotopic (exact) mass is 512 g/mol. The topological polar surface area (TPSA) is 57.5 Å². The maximum absolute atomic E-state index is 4.61. The first-order chi connectivity index (χ1) is 13.3. The molecule has 0 saturated heterocycles. The maximum Gasteiger partial charge on any atom is 0.193 e. The number of hydrogen-bond acceptors (Lipinski definition) is 3. The van der Waals surface area contributed by atoms with E-state index in [0.717, 1.165) is 30.4 Å². The van der Waals surface area contributed by atoms with Crippen molar-refractivity contribution >= 4 is 35.6 Å². The van der Waals surface area contributed by atoms with Crippen LogP contribution in [0.4, 0.5) is 5.69 Å². The van der Waals surface area contributed by atoms with Gasteiger partial charge in [0, 0.05) is 57.7 Å². The van der Waals surface area contributed by atoms with E-state index in [1.165, 1.54) is 5.56 Å². The van der Waals surface area contributed by atoms with Gasteiger partial charge < -0.3 is 15.5 Å². The Morgan fingerprint density at radius 3 is 2.38 bits per heavy atom. The third kappa shape index (κ3) is 7.53. The minimum absolute atomic E-state index is 0. The number of aliphatic imine (C=N–C) groups is 1. The zero-order valence-corrected chi connectivity index (χ0v) is 21.1. The number of halogens is 1. The molecule has 0 fully saturated rings. The highest BCUT2D eigenvalue weighted by atomic mass is 127. The summed E-state index contributed by atoms with van der Waals surface area (Å²) in [7, 11) is 5.88. The van der Waals surface area contributed by atoms with E-state index >= 15 is 0 Å². The molecule has 1 aromatic carbocycles. The number of guanidine groups is 1. The average Bonchev–Trinajstić information content (AvgIpc) is 3.02. The number of nitrogens with zero attached hydrogens (tertiary/aromatic N) is 4. The van der Waals surface area contributed by atoms with Gasteiger partial charge in [-0.05, 0) is 24.0 Å². The smallest absolute Gasteiger partial charge is 0.193 e. The lowest BCUT2D eigenvalue weighted by atomic mass is 10.0. The van der Waals surface area contributed by atoms with E-state index in [4.69, 9.17) is 0 Å². The fourth-order valence-corrected chi connectivity index (χ4v) is 3.28. The SMILES string of the molecule is CN=C(NCC(Nc1ccccc1)C(C)C)N(C)Cc1cn(C)nc1C(C)C.I. The van der Waals surface area contributed by atoms with Crippen molar-refractivity contribution in [2.75, 3.05) is 26.0 Å². The van der Waals surface area contributed by atoms with E-state index in [1.807, 2.05) is 24.8 Å². The standard InChI is InChI=1S/C22H36N6.HI/c1-16(2)20(25-19-11-9-8-10-12-19)13-24-22(23-5)27(6)14-18-15-28(7)26-21(18)17(3)4;/h8-12,15-17,20,25H,13-14H2,1-7H3,(H,23,24);1H. The summed E-state index contributed by atoms with van der Waals surface area (Å²) >= 11 is 0. The van der Waals surface area contributed by atoms with Crippen molar-refractivity contribution in [3.63, 3.8) is 0 Å². The molecule has 0 aliphatic heterocycles. The van der Waals surface area contributed by atoms with Gasteiger partial charge in [0.05, 0.1) is 5.69 Å². The second-order valence-corrected chi connectivity index (χ2v) is 8.01. The molecule has 0 radical (unpaired) electrons. The first kappa shape index (κ1) is 25.3. The van der Waals surface area contributed by atoms with Crippen molar-refractivity contribution in [1.29, 1.82) is 0 Å². The summed E-state index contributed by atoms with van der Waals surface area (Å²) in [5, 5.41) is 11.8. The van der Waals surface area contributed by atoms with E-state index in [1.54, 1.807) is 0 Å². The molecule has 0 aliphatic rings. The molecule has 29 heavy (non-hydrogen) atoms. The molecule has 1 heterocycles. The molecule has 162 valence electrons. The van der Waals surface area contributed by atoms with Crippen LogP contribution < -0.4 is 10.6 Å². The Hall–Kier alpha value is -1.77.